The van der Waals surface area contributed by atoms with Crippen molar-refractivity contribution in [2.75, 3.05) is 19.0 Å². The molecule has 0 aliphatic rings. The van der Waals surface area contributed by atoms with Crippen molar-refractivity contribution >= 4 is 28.9 Å². The number of benzene rings is 1. The lowest BCUT2D eigenvalue weighted by Crippen LogP contribution is -2.29. The van der Waals surface area contributed by atoms with Gasteiger partial charge in [-0.2, -0.15) is 0 Å². The van der Waals surface area contributed by atoms with Crippen LogP contribution < -0.4 is 5.32 Å². The Bertz CT molecular complexity index is 495. The van der Waals surface area contributed by atoms with E-state index in [9.17, 15) is 14.9 Å². The minimum atomic E-state index is -1.02. The fraction of sp³-hybridized carbons (Fsp3) is 0.417. The van der Waals surface area contributed by atoms with Gasteiger partial charge in [-0.25, -0.2) is 4.79 Å². The SMILES string of the molecule is COCCCC(Nc1ccc([N+](=O)[O-])cc1Cl)C(=O)O. The molecule has 7 nitrogen and oxygen atoms in total. The molecule has 0 saturated heterocycles. The first-order valence-corrected chi connectivity index (χ1v) is 6.25. The number of nitrogens with zero attached hydrogens (tertiary/aromatic N) is 1. The maximum atomic E-state index is 11.1. The molecular weight excluding hydrogens is 288 g/mol. The van der Waals surface area contributed by atoms with Crippen molar-refractivity contribution in [3.05, 3.63) is 33.3 Å². The second-order valence-corrected chi connectivity index (χ2v) is 4.50. The van der Waals surface area contributed by atoms with Gasteiger partial charge in [0.2, 0.25) is 0 Å². The van der Waals surface area contributed by atoms with Crippen LogP contribution in [0.5, 0.6) is 0 Å². The molecule has 0 radical (unpaired) electrons. The summed E-state index contributed by atoms with van der Waals surface area (Å²) in [5.74, 6) is -1.02. The largest absolute Gasteiger partial charge is 0.480 e. The average Bonchev–Trinajstić information content (AvgIpc) is 2.39. The maximum absolute atomic E-state index is 11.1. The molecule has 0 bridgehead atoms. The lowest BCUT2D eigenvalue weighted by molar-refractivity contribution is -0.384. The standard InChI is InChI=1S/C12H15ClN2O5/c1-20-6-2-3-11(12(16)17)14-10-5-4-8(15(18)19)7-9(10)13/h4-5,7,11,14H,2-3,6H2,1H3,(H,16,17). The summed E-state index contributed by atoms with van der Waals surface area (Å²) in [6.07, 6.45) is 0.932. The van der Waals surface area contributed by atoms with Crippen LogP contribution >= 0.6 is 11.6 Å². The molecule has 0 amide bonds. The highest BCUT2D eigenvalue weighted by atomic mass is 35.5. The first-order chi connectivity index (χ1) is 9.45. The van der Waals surface area contributed by atoms with E-state index < -0.39 is 16.9 Å². The van der Waals surface area contributed by atoms with E-state index in [1.165, 1.54) is 25.3 Å². The predicted molar refractivity (Wildman–Crippen MR) is 74.3 cm³/mol. The molecule has 2 N–H and O–H groups in total. The number of nitro groups is 1. The number of nitro benzene ring substituents is 1. The topological polar surface area (TPSA) is 102 Å². The molecule has 1 atom stereocenters. The number of carboxylic acid groups (broad SMARTS) is 1. The van der Waals surface area contributed by atoms with E-state index in [-0.39, 0.29) is 10.7 Å². The summed E-state index contributed by atoms with van der Waals surface area (Å²) < 4.78 is 4.87. The van der Waals surface area contributed by atoms with E-state index in [4.69, 9.17) is 21.4 Å². The number of methoxy groups -OCH3 is 1. The summed E-state index contributed by atoms with van der Waals surface area (Å²) >= 11 is 5.90. The number of rotatable bonds is 8. The van der Waals surface area contributed by atoms with Crippen molar-refractivity contribution in [2.45, 2.75) is 18.9 Å². The molecule has 1 aromatic rings. The Balaban J connectivity index is 2.78. The summed E-state index contributed by atoms with van der Waals surface area (Å²) in [6.45, 7) is 0.458. The van der Waals surface area contributed by atoms with E-state index in [2.05, 4.69) is 5.32 Å². The third-order valence-corrected chi connectivity index (χ3v) is 2.95. The average molecular weight is 303 g/mol. The molecule has 0 spiro atoms. The van der Waals surface area contributed by atoms with Crippen LogP contribution in [0.2, 0.25) is 5.02 Å². The molecule has 0 saturated carbocycles. The Labute approximate surface area is 120 Å². The first kappa shape index (κ1) is 16.2. The first-order valence-electron chi connectivity index (χ1n) is 5.88. The normalized spacial score (nSPS) is 11.9. The predicted octanol–water partition coefficient (Wildman–Crippen LogP) is 2.54. The lowest BCUT2D eigenvalue weighted by atomic mass is 10.1. The van der Waals surface area contributed by atoms with Gasteiger partial charge in [-0.15, -0.1) is 0 Å². The van der Waals surface area contributed by atoms with Gasteiger partial charge in [-0.05, 0) is 18.9 Å². The molecular formula is C12H15ClN2O5. The van der Waals surface area contributed by atoms with Gasteiger partial charge >= 0.3 is 5.97 Å². The molecule has 110 valence electrons. The van der Waals surface area contributed by atoms with E-state index in [1.54, 1.807) is 0 Å². The minimum Gasteiger partial charge on any atom is -0.480 e. The van der Waals surface area contributed by atoms with Crippen LogP contribution in [-0.4, -0.2) is 35.8 Å². The molecule has 0 aliphatic heterocycles. The second-order valence-electron chi connectivity index (χ2n) is 4.09. The van der Waals surface area contributed by atoms with Crippen LogP contribution in [-0.2, 0) is 9.53 Å². The summed E-state index contributed by atoms with van der Waals surface area (Å²) in [5, 5.41) is 22.6. The molecule has 0 aliphatic carbocycles. The third kappa shape index (κ3) is 4.67. The minimum absolute atomic E-state index is 0.109. The van der Waals surface area contributed by atoms with Crippen LogP contribution in [0.1, 0.15) is 12.8 Å². The van der Waals surface area contributed by atoms with Crippen molar-refractivity contribution in [1.29, 1.82) is 0 Å². The summed E-state index contributed by atoms with van der Waals surface area (Å²) in [6, 6.07) is 3.01. The summed E-state index contributed by atoms with van der Waals surface area (Å²) in [5.41, 5.74) is 0.203. The number of carboxylic acids is 1. The van der Waals surface area contributed by atoms with Gasteiger partial charge < -0.3 is 15.2 Å². The van der Waals surface area contributed by atoms with Gasteiger partial charge in [0.05, 0.1) is 15.6 Å². The number of hydrogen-bond acceptors (Lipinski definition) is 5. The Morgan fingerprint density at radius 2 is 2.30 bits per heavy atom. The number of non-ortho nitro benzene ring substituents is 1. The van der Waals surface area contributed by atoms with E-state index in [0.29, 0.717) is 25.1 Å². The highest BCUT2D eigenvalue weighted by Gasteiger charge is 2.19. The molecule has 0 heterocycles. The Hall–Kier alpha value is -1.86. The molecule has 1 rings (SSSR count). The van der Waals surface area contributed by atoms with E-state index in [1.807, 2.05) is 0 Å². The van der Waals surface area contributed by atoms with Crippen molar-refractivity contribution in [3.8, 4) is 0 Å². The van der Waals surface area contributed by atoms with Crippen molar-refractivity contribution in [1.82, 2.24) is 0 Å². The molecule has 0 fully saturated rings. The number of aliphatic carboxylic acids is 1. The van der Waals surface area contributed by atoms with E-state index >= 15 is 0 Å². The van der Waals surface area contributed by atoms with Gasteiger partial charge in [-0.1, -0.05) is 11.6 Å². The number of anilines is 1. The fourth-order valence-corrected chi connectivity index (χ4v) is 1.84. The van der Waals surface area contributed by atoms with Crippen molar-refractivity contribution < 1.29 is 19.6 Å². The zero-order valence-corrected chi connectivity index (χ0v) is 11.6. The number of hydrogen-bond donors (Lipinski definition) is 2. The van der Waals surface area contributed by atoms with Crippen LogP contribution in [0, 0.1) is 10.1 Å². The van der Waals surface area contributed by atoms with Gasteiger partial charge in [0.1, 0.15) is 6.04 Å². The molecule has 1 unspecified atom stereocenters. The maximum Gasteiger partial charge on any atom is 0.326 e. The van der Waals surface area contributed by atoms with Gasteiger partial charge in [0.25, 0.3) is 5.69 Å². The number of halogens is 1. The third-order valence-electron chi connectivity index (χ3n) is 2.63. The Morgan fingerprint density at radius 3 is 2.80 bits per heavy atom. The van der Waals surface area contributed by atoms with Crippen molar-refractivity contribution in [2.24, 2.45) is 0 Å². The highest BCUT2D eigenvalue weighted by Crippen LogP contribution is 2.27. The Kier molecular flexibility index (Phi) is 6.20. The van der Waals surface area contributed by atoms with Gasteiger partial charge in [0.15, 0.2) is 0 Å². The number of carbonyl (C=O) groups is 1. The van der Waals surface area contributed by atoms with Crippen LogP contribution in [0.3, 0.4) is 0 Å². The molecule has 20 heavy (non-hydrogen) atoms. The quantitative estimate of drug-likeness (QED) is 0.434. The van der Waals surface area contributed by atoms with E-state index in [0.717, 1.165) is 0 Å². The molecule has 1 aromatic carbocycles. The smallest absolute Gasteiger partial charge is 0.326 e. The highest BCUT2D eigenvalue weighted by molar-refractivity contribution is 6.33. The van der Waals surface area contributed by atoms with Crippen LogP contribution in [0.25, 0.3) is 0 Å². The van der Waals surface area contributed by atoms with Gasteiger partial charge in [-0.3, -0.25) is 10.1 Å². The van der Waals surface area contributed by atoms with Crippen molar-refractivity contribution in [3.63, 3.8) is 0 Å². The zero-order chi connectivity index (χ0) is 15.1. The monoisotopic (exact) mass is 302 g/mol. The number of ether oxygens (including phenoxy) is 1. The van der Waals surface area contributed by atoms with Crippen LogP contribution in [0.4, 0.5) is 11.4 Å². The Morgan fingerprint density at radius 1 is 1.60 bits per heavy atom. The number of nitrogens with one attached hydrogen (secondary N) is 1. The lowest BCUT2D eigenvalue weighted by Gasteiger charge is -2.16. The zero-order valence-electron chi connectivity index (χ0n) is 10.8. The van der Waals surface area contributed by atoms with Crippen LogP contribution in [0.15, 0.2) is 18.2 Å². The fourth-order valence-electron chi connectivity index (χ4n) is 1.61. The second kappa shape index (κ2) is 7.66. The van der Waals surface area contributed by atoms with Gasteiger partial charge in [0, 0.05) is 25.8 Å². The summed E-state index contributed by atoms with van der Waals surface area (Å²) in [4.78, 5) is 21.2. The molecule has 0 aromatic heterocycles. The summed E-state index contributed by atoms with van der Waals surface area (Å²) in [7, 11) is 1.54. The molecule has 8 heteroatoms.